The second-order valence-corrected chi connectivity index (χ2v) is 14.4. The average Bonchev–Trinajstić information content (AvgIpc) is 3.14. The zero-order chi connectivity index (χ0) is 39.7. The van der Waals surface area contributed by atoms with Gasteiger partial charge in [0.2, 0.25) is 17.7 Å². The Morgan fingerprint density at radius 3 is 2.09 bits per heavy atom. The molecule has 3 aromatic rings. The molecule has 1 unspecified atom stereocenters. The normalized spacial score (nSPS) is 17.4. The van der Waals surface area contributed by atoms with Gasteiger partial charge < -0.3 is 21.1 Å². The number of hydrogen-bond donors (Lipinski definition) is 4. The Morgan fingerprint density at radius 2 is 1.48 bits per heavy atom. The van der Waals surface area contributed by atoms with Crippen LogP contribution in [0.25, 0.3) is 0 Å². The zero-order valence-electron chi connectivity index (χ0n) is 31.2. The van der Waals surface area contributed by atoms with Crippen LogP contribution >= 0.6 is 11.6 Å². The number of amides is 3. The van der Waals surface area contributed by atoms with Crippen LogP contribution in [0.1, 0.15) is 92.9 Å². The van der Waals surface area contributed by atoms with Gasteiger partial charge in [-0.2, -0.15) is 13.2 Å². The molecule has 1 aliphatic rings. The number of halogens is 4. The number of carbonyl (C=O) groups excluding carboxylic acids is 3. The minimum Gasteiger partial charge on any atom is -0.481 e. The van der Waals surface area contributed by atoms with Gasteiger partial charge in [-0.25, -0.2) is 0 Å². The van der Waals surface area contributed by atoms with E-state index in [1.807, 2.05) is 37.3 Å². The Bertz CT molecular complexity index is 1650. The smallest absolute Gasteiger partial charge is 0.416 e. The maximum atomic E-state index is 12.8. The van der Waals surface area contributed by atoms with Gasteiger partial charge >= 0.3 is 12.1 Å². The molecule has 3 aromatic carbocycles. The van der Waals surface area contributed by atoms with Crippen molar-refractivity contribution in [2.45, 2.75) is 94.8 Å². The molecular formula is C41H52ClF3N4O5. The van der Waals surface area contributed by atoms with E-state index < -0.39 is 17.7 Å². The highest BCUT2D eigenvalue weighted by molar-refractivity contribution is 6.30. The lowest BCUT2D eigenvalue weighted by molar-refractivity contribution is -0.138. The van der Waals surface area contributed by atoms with Gasteiger partial charge in [0.05, 0.1) is 5.56 Å². The molecule has 0 aliphatic heterocycles. The number of rotatable bonds is 16. The predicted octanol–water partition coefficient (Wildman–Crippen LogP) is 7.47. The largest absolute Gasteiger partial charge is 0.481 e. The first-order chi connectivity index (χ1) is 25.6. The summed E-state index contributed by atoms with van der Waals surface area (Å²) in [4.78, 5) is 48.6. The van der Waals surface area contributed by atoms with Crippen LogP contribution in [-0.2, 0) is 37.3 Å². The lowest BCUT2D eigenvalue weighted by Gasteiger charge is -2.45. The molecule has 4 N–H and O–H groups in total. The van der Waals surface area contributed by atoms with Crippen molar-refractivity contribution in [2.24, 2.45) is 0 Å². The quantitative estimate of drug-likeness (QED) is 0.120. The summed E-state index contributed by atoms with van der Waals surface area (Å²) in [6, 6.07) is 23.1. The van der Waals surface area contributed by atoms with Gasteiger partial charge in [-0.05, 0) is 93.4 Å². The van der Waals surface area contributed by atoms with Crippen LogP contribution in [0.5, 0.6) is 0 Å². The van der Waals surface area contributed by atoms with Gasteiger partial charge in [-0.3, -0.25) is 24.1 Å². The van der Waals surface area contributed by atoms with E-state index in [1.54, 1.807) is 6.07 Å². The van der Waals surface area contributed by atoms with Gasteiger partial charge in [-0.15, -0.1) is 0 Å². The molecule has 0 spiro atoms. The summed E-state index contributed by atoms with van der Waals surface area (Å²) in [5.74, 6) is -1.23. The van der Waals surface area contributed by atoms with E-state index in [9.17, 15) is 32.3 Å². The highest BCUT2D eigenvalue weighted by Crippen LogP contribution is 2.41. The molecule has 1 saturated carbocycles. The number of carbonyl (C=O) groups is 4. The van der Waals surface area contributed by atoms with Crippen LogP contribution in [0.3, 0.4) is 0 Å². The van der Waals surface area contributed by atoms with Crippen molar-refractivity contribution in [1.82, 2.24) is 20.9 Å². The maximum Gasteiger partial charge on any atom is 0.416 e. The van der Waals surface area contributed by atoms with Gasteiger partial charge in [0, 0.05) is 55.4 Å². The Morgan fingerprint density at radius 1 is 0.852 bits per heavy atom. The summed E-state index contributed by atoms with van der Waals surface area (Å²) >= 11 is 5.81. The van der Waals surface area contributed by atoms with E-state index in [4.69, 9.17) is 16.7 Å². The highest BCUT2D eigenvalue weighted by Gasteiger charge is 2.39. The summed E-state index contributed by atoms with van der Waals surface area (Å²) < 4.78 is 38.4. The minimum absolute atomic E-state index is 0.0279. The first-order valence-electron chi connectivity index (χ1n) is 18.3. The summed E-state index contributed by atoms with van der Waals surface area (Å²) in [7, 11) is 4.19. The Labute approximate surface area is 321 Å². The van der Waals surface area contributed by atoms with Gasteiger partial charge in [0.1, 0.15) is 0 Å². The number of carboxylic acid groups (broad SMARTS) is 1. The Hall–Kier alpha value is -4.42. The molecular weight excluding hydrogens is 721 g/mol. The van der Waals surface area contributed by atoms with Crippen LogP contribution in [-0.4, -0.2) is 66.9 Å². The SMILES string of the molecule is CC(CNC(=O)CCCC(=O)O)c1ccc(Cl)cc1.CN(C)C1(c2ccccc2)CCC(NC(=O)CCC(=O)NCCc2cccc(C(F)(F)F)c2)CC1. The summed E-state index contributed by atoms with van der Waals surface area (Å²) in [6.07, 6.45) is 0.284. The molecule has 4 rings (SSSR count). The molecule has 1 atom stereocenters. The van der Waals surface area contributed by atoms with E-state index in [1.165, 1.54) is 11.6 Å². The van der Waals surface area contributed by atoms with Crippen molar-refractivity contribution in [1.29, 1.82) is 0 Å². The molecule has 0 saturated heterocycles. The van der Waals surface area contributed by atoms with Crippen molar-refractivity contribution < 1.29 is 37.5 Å². The fraction of sp³-hybridized carbons (Fsp3) is 0.463. The van der Waals surface area contributed by atoms with Crippen LogP contribution in [0.15, 0.2) is 78.9 Å². The summed E-state index contributed by atoms with van der Waals surface area (Å²) in [5.41, 5.74) is 2.15. The monoisotopic (exact) mass is 772 g/mol. The number of nitrogens with one attached hydrogen (secondary N) is 3. The second kappa shape index (κ2) is 21.5. The Balaban J connectivity index is 0.000000349. The number of benzene rings is 3. The van der Waals surface area contributed by atoms with Crippen molar-refractivity contribution in [2.75, 3.05) is 27.2 Å². The number of aliphatic carboxylic acids is 1. The zero-order valence-corrected chi connectivity index (χ0v) is 31.9. The molecule has 13 heteroatoms. The van der Waals surface area contributed by atoms with Crippen molar-refractivity contribution >= 4 is 35.3 Å². The molecule has 294 valence electrons. The summed E-state index contributed by atoms with van der Waals surface area (Å²) in [5, 5.41) is 17.7. The van der Waals surface area contributed by atoms with Crippen molar-refractivity contribution in [3.8, 4) is 0 Å². The van der Waals surface area contributed by atoms with Gasteiger partial charge in [-0.1, -0.05) is 79.2 Å². The van der Waals surface area contributed by atoms with Crippen LogP contribution < -0.4 is 16.0 Å². The molecule has 1 fully saturated rings. The molecule has 54 heavy (non-hydrogen) atoms. The first kappa shape index (κ1) is 44.0. The molecule has 0 radical (unpaired) electrons. The molecule has 9 nitrogen and oxygen atoms in total. The maximum absolute atomic E-state index is 12.8. The third-order valence-corrected chi connectivity index (χ3v) is 10.0. The number of hydrogen-bond acceptors (Lipinski definition) is 5. The molecule has 1 aliphatic carbocycles. The molecule has 0 aromatic heterocycles. The van der Waals surface area contributed by atoms with Crippen LogP contribution in [0.2, 0.25) is 5.02 Å². The number of alkyl halides is 3. The van der Waals surface area contributed by atoms with Crippen molar-refractivity contribution in [3.05, 3.63) is 106 Å². The minimum atomic E-state index is -4.39. The second-order valence-electron chi connectivity index (χ2n) is 13.9. The van der Waals surface area contributed by atoms with E-state index in [-0.39, 0.29) is 67.4 Å². The molecule has 0 heterocycles. The first-order valence-corrected chi connectivity index (χ1v) is 18.7. The third kappa shape index (κ3) is 14.8. The van der Waals surface area contributed by atoms with Gasteiger partial charge in [0.25, 0.3) is 0 Å². The van der Waals surface area contributed by atoms with E-state index in [0.717, 1.165) is 43.4 Å². The number of nitrogens with zero attached hydrogens (tertiary/aromatic N) is 1. The van der Waals surface area contributed by atoms with Crippen LogP contribution in [0.4, 0.5) is 13.2 Å². The molecule has 0 bridgehead atoms. The number of carboxylic acids is 1. The fourth-order valence-corrected chi connectivity index (χ4v) is 6.64. The molecule has 3 amide bonds. The highest BCUT2D eigenvalue weighted by atomic mass is 35.5. The Kier molecular flexibility index (Phi) is 17.5. The fourth-order valence-electron chi connectivity index (χ4n) is 6.51. The predicted molar refractivity (Wildman–Crippen MR) is 204 cm³/mol. The van der Waals surface area contributed by atoms with E-state index >= 15 is 0 Å². The lowest BCUT2D eigenvalue weighted by atomic mass is 9.74. The lowest BCUT2D eigenvalue weighted by Crippen LogP contribution is -2.48. The van der Waals surface area contributed by atoms with Crippen LogP contribution in [0, 0.1) is 0 Å². The van der Waals surface area contributed by atoms with Gasteiger partial charge in [0.15, 0.2) is 0 Å². The van der Waals surface area contributed by atoms with E-state index in [0.29, 0.717) is 30.0 Å². The van der Waals surface area contributed by atoms with E-state index in [2.05, 4.69) is 59.2 Å². The standard InChI is InChI=1S/C27H34F3N3O2.C14H18ClNO3/c1-33(2)26(21-8-4-3-5-9-21)16-13-23(14-17-26)32-25(35)12-11-24(34)31-18-15-20-7-6-10-22(19-20)27(28,29)30;1-10(11-5-7-12(15)8-6-11)9-16-13(17)3-2-4-14(18)19/h3-10,19,23H,11-18H2,1-2H3,(H,31,34)(H,32,35);5-8,10H,2-4,9H2,1H3,(H,16,17)(H,18,19). The topological polar surface area (TPSA) is 128 Å². The van der Waals surface area contributed by atoms with Crippen molar-refractivity contribution in [3.63, 3.8) is 0 Å². The summed E-state index contributed by atoms with van der Waals surface area (Å²) in [6.45, 7) is 2.77. The third-order valence-electron chi connectivity index (χ3n) is 9.75. The average molecular weight is 773 g/mol.